The van der Waals surface area contributed by atoms with E-state index in [2.05, 4.69) is 10.1 Å². The highest BCUT2D eigenvalue weighted by Crippen LogP contribution is 2.22. The molecule has 1 aliphatic rings. The summed E-state index contributed by atoms with van der Waals surface area (Å²) in [6.45, 7) is 6.10. The van der Waals surface area contributed by atoms with E-state index in [1.807, 2.05) is 13.8 Å². The summed E-state index contributed by atoms with van der Waals surface area (Å²) in [5, 5.41) is 3.86. The van der Waals surface area contributed by atoms with Crippen LogP contribution >= 0.6 is 0 Å². The van der Waals surface area contributed by atoms with Crippen LogP contribution in [0.5, 0.6) is 5.75 Å². The van der Waals surface area contributed by atoms with Crippen molar-refractivity contribution >= 4 is 15.7 Å². The van der Waals surface area contributed by atoms with Crippen molar-refractivity contribution in [1.82, 2.24) is 15.0 Å². The molecular weight excluding hydrogens is 382 g/mol. The molecule has 28 heavy (non-hydrogen) atoms. The molecule has 0 N–H and O–H groups in total. The molecule has 1 amide bonds. The molecule has 1 fully saturated rings. The van der Waals surface area contributed by atoms with Crippen LogP contribution in [0.4, 0.5) is 0 Å². The van der Waals surface area contributed by atoms with Crippen LogP contribution in [0.15, 0.2) is 28.8 Å². The third-order valence-electron chi connectivity index (χ3n) is 4.53. The molecular formula is C19H25N3O5S. The van der Waals surface area contributed by atoms with Crippen molar-refractivity contribution in [1.29, 1.82) is 0 Å². The molecule has 2 aromatic rings. The van der Waals surface area contributed by atoms with Crippen LogP contribution < -0.4 is 4.74 Å². The summed E-state index contributed by atoms with van der Waals surface area (Å²) in [4.78, 5) is 18.5. The molecule has 152 valence electrons. The van der Waals surface area contributed by atoms with E-state index in [4.69, 9.17) is 9.26 Å². The highest BCUT2D eigenvalue weighted by atomic mass is 32.2. The number of aromatic nitrogens is 2. The third-order valence-corrected chi connectivity index (χ3v) is 6.28. The second-order valence-corrected chi connectivity index (χ2v) is 9.68. The Bertz CT molecular complexity index is 921. The number of benzene rings is 1. The molecule has 2 heterocycles. The Morgan fingerprint density at radius 1 is 1.32 bits per heavy atom. The van der Waals surface area contributed by atoms with Crippen molar-refractivity contribution in [2.24, 2.45) is 5.92 Å². The minimum atomic E-state index is -3.06. The molecule has 1 unspecified atom stereocenters. The first-order chi connectivity index (χ1) is 13.2. The Kier molecular flexibility index (Phi) is 6.02. The van der Waals surface area contributed by atoms with E-state index in [1.165, 1.54) is 0 Å². The molecule has 1 aromatic carbocycles. The largest absolute Gasteiger partial charge is 0.484 e. The number of ether oxygens (including phenoxy) is 1. The lowest BCUT2D eigenvalue weighted by atomic mass is 10.1. The third kappa shape index (κ3) is 5.09. The fourth-order valence-corrected chi connectivity index (χ4v) is 4.94. The normalized spacial score (nSPS) is 18.4. The molecule has 0 saturated carbocycles. The van der Waals surface area contributed by atoms with E-state index in [9.17, 15) is 13.2 Å². The predicted molar refractivity (Wildman–Crippen MR) is 104 cm³/mol. The van der Waals surface area contributed by atoms with Crippen molar-refractivity contribution in [3.8, 4) is 17.1 Å². The van der Waals surface area contributed by atoms with Gasteiger partial charge in [-0.2, -0.15) is 4.98 Å². The molecule has 1 aromatic heterocycles. The quantitative estimate of drug-likeness (QED) is 0.692. The standard InChI is InChI=1S/C19H25N3O5S/c1-13(2)10-22(16-8-9-28(24,25)12-16)18(23)11-26-17-6-4-15(5-7-17)19-20-14(3)27-21-19/h4-7,13,16H,8-12H2,1-3H3. The highest BCUT2D eigenvalue weighted by Gasteiger charge is 2.34. The van der Waals surface area contributed by atoms with Crippen LogP contribution in [-0.2, 0) is 14.6 Å². The number of carbonyl (C=O) groups excluding carboxylic acids is 1. The summed E-state index contributed by atoms with van der Waals surface area (Å²) in [6, 6.07) is 6.79. The van der Waals surface area contributed by atoms with Crippen molar-refractivity contribution in [2.75, 3.05) is 24.7 Å². The number of sulfone groups is 1. The SMILES string of the molecule is Cc1nc(-c2ccc(OCC(=O)N(CC(C)C)C3CCS(=O)(=O)C3)cc2)no1. The van der Waals surface area contributed by atoms with Crippen LogP contribution in [0.2, 0.25) is 0 Å². The number of rotatable bonds is 7. The molecule has 1 aliphatic heterocycles. The number of carbonyl (C=O) groups is 1. The predicted octanol–water partition coefficient (Wildman–Crippen LogP) is 2.10. The molecule has 0 spiro atoms. The Balaban J connectivity index is 1.62. The first kappa shape index (κ1) is 20.3. The lowest BCUT2D eigenvalue weighted by Gasteiger charge is -2.29. The monoisotopic (exact) mass is 407 g/mol. The molecule has 0 aliphatic carbocycles. The molecule has 3 rings (SSSR count). The van der Waals surface area contributed by atoms with Gasteiger partial charge >= 0.3 is 0 Å². The van der Waals surface area contributed by atoms with Crippen molar-refractivity contribution in [3.05, 3.63) is 30.2 Å². The number of nitrogens with zero attached hydrogens (tertiary/aromatic N) is 3. The lowest BCUT2D eigenvalue weighted by molar-refractivity contribution is -0.135. The maximum Gasteiger partial charge on any atom is 0.260 e. The smallest absolute Gasteiger partial charge is 0.260 e. The molecule has 0 radical (unpaired) electrons. The zero-order chi connectivity index (χ0) is 20.3. The fraction of sp³-hybridized carbons (Fsp3) is 0.526. The van der Waals surface area contributed by atoms with Crippen molar-refractivity contribution in [2.45, 2.75) is 33.2 Å². The Hall–Kier alpha value is -2.42. The highest BCUT2D eigenvalue weighted by molar-refractivity contribution is 7.91. The summed E-state index contributed by atoms with van der Waals surface area (Å²) in [6.07, 6.45) is 0.486. The average Bonchev–Trinajstić information content (AvgIpc) is 3.23. The zero-order valence-electron chi connectivity index (χ0n) is 16.3. The van der Waals surface area contributed by atoms with Gasteiger partial charge in [-0.05, 0) is 36.6 Å². The van der Waals surface area contributed by atoms with E-state index in [1.54, 1.807) is 36.1 Å². The first-order valence-corrected chi connectivity index (χ1v) is 11.1. The number of aryl methyl sites for hydroxylation is 1. The van der Waals surface area contributed by atoms with Gasteiger partial charge in [0.25, 0.3) is 5.91 Å². The summed E-state index contributed by atoms with van der Waals surface area (Å²) in [5.41, 5.74) is 0.785. The molecule has 0 bridgehead atoms. The van der Waals surface area contributed by atoms with E-state index >= 15 is 0 Å². The summed E-state index contributed by atoms with van der Waals surface area (Å²) >= 11 is 0. The van der Waals surface area contributed by atoms with Crippen LogP contribution in [0.1, 0.15) is 26.2 Å². The van der Waals surface area contributed by atoms with Crippen LogP contribution in [0.25, 0.3) is 11.4 Å². The molecule has 1 saturated heterocycles. The zero-order valence-corrected chi connectivity index (χ0v) is 17.1. The summed E-state index contributed by atoms with van der Waals surface area (Å²) in [5.74, 6) is 1.73. The second kappa shape index (κ2) is 8.30. The van der Waals surface area contributed by atoms with E-state index in [0.717, 1.165) is 5.56 Å². The Morgan fingerprint density at radius 3 is 2.57 bits per heavy atom. The van der Waals surface area contributed by atoms with Crippen molar-refractivity contribution < 1.29 is 22.5 Å². The minimum absolute atomic E-state index is 0.0320. The van der Waals surface area contributed by atoms with E-state index in [-0.39, 0.29) is 36.0 Å². The maximum atomic E-state index is 12.7. The Morgan fingerprint density at radius 2 is 2.04 bits per heavy atom. The van der Waals surface area contributed by atoms with Gasteiger partial charge in [-0.1, -0.05) is 19.0 Å². The van der Waals surface area contributed by atoms with Crippen LogP contribution in [0, 0.1) is 12.8 Å². The van der Waals surface area contributed by atoms with Gasteiger partial charge in [-0.3, -0.25) is 4.79 Å². The molecule has 1 atom stereocenters. The van der Waals surface area contributed by atoms with Crippen LogP contribution in [-0.4, -0.2) is 60.1 Å². The van der Waals surface area contributed by atoms with Crippen LogP contribution in [0.3, 0.4) is 0 Å². The van der Waals surface area contributed by atoms with E-state index in [0.29, 0.717) is 30.4 Å². The summed E-state index contributed by atoms with van der Waals surface area (Å²) in [7, 11) is -3.06. The average molecular weight is 407 g/mol. The number of amides is 1. The number of hydrogen-bond donors (Lipinski definition) is 0. The maximum absolute atomic E-state index is 12.7. The lowest BCUT2D eigenvalue weighted by Crippen LogP contribution is -2.45. The van der Waals surface area contributed by atoms with Gasteiger partial charge in [0.05, 0.1) is 11.5 Å². The fourth-order valence-electron chi connectivity index (χ4n) is 3.21. The van der Waals surface area contributed by atoms with Gasteiger partial charge in [0, 0.05) is 25.1 Å². The number of hydrogen-bond acceptors (Lipinski definition) is 7. The van der Waals surface area contributed by atoms with E-state index < -0.39 is 9.84 Å². The second-order valence-electron chi connectivity index (χ2n) is 7.45. The van der Waals surface area contributed by atoms with Gasteiger partial charge in [-0.15, -0.1) is 0 Å². The van der Waals surface area contributed by atoms with Gasteiger partial charge < -0.3 is 14.2 Å². The summed E-state index contributed by atoms with van der Waals surface area (Å²) < 4.78 is 34.2. The minimum Gasteiger partial charge on any atom is -0.484 e. The van der Waals surface area contributed by atoms with Gasteiger partial charge in [0.15, 0.2) is 16.4 Å². The van der Waals surface area contributed by atoms with Gasteiger partial charge in [-0.25, -0.2) is 8.42 Å². The molecule has 8 nitrogen and oxygen atoms in total. The first-order valence-electron chi connectivity index (χ1n) is 9.27. The molecule has 9 heteroatoms. The van der Waals surface area contributed by atoms with Gasteiger partial charge in [0.1, 0.15) is 5.75 Å². The van der Waals surface area contributed by atoms with Crippen molar-refractivity contribution in [3.63, 3.8) is 0 Å². The Labute approximate surface area is 164 Å². The topological polar surface area (TPSA) is 103 Å². The van der Waals surface area contributed by atoms with Gasteiger partial charge in [0.2, 0.25) is 11.7 Å².